The molecule has 2 aliphatic rings. The van der Waals surface area contributed by atoms with E-state index in [4.69, 9.17) is 14.2 Å². The fourth-order valence-corrected chi connectivity index (χ4v) is 3.44. The van der Waals surface area contributed by atoms with Gasteiger partial charge in [0.25, 0.3) is 0 Å². The van der Waals surface area contributed by atoms with Gasteiger partial charge >= 0.3 is 0 Å². The van der Waals surface area contributed by atoms with Gasteiger partial charge in [-0.3, -0.25) is 4.79 Å². The highest BCUT2D eigenvalue weighted by molar-refractivity contribution is 5.80. The Morgan fingerprint density at radius 1 is 1.35 bits per heavy atom. The van der Waals surface area contributed by atoms with Gasteiger partial charge in [-0.25, -0.2) is 0 Å². The smallest absolute Gasteiger partial charge is 0.227 e. The van der Waals surface area contributed by atoms with Gasteiger partial charge in [-0.05, 0) is 31.0 Å². The second kappa shape index (κ2) is 6.89. The van der Waals surface area contributed by atoms with Crippen LogP contribution < -0.4 is 4.74 Å². The molecule has 0 unspecified atom stereocenters. The number of amides is 1. The van der Waals surface area contributed by atoms with Gasteiger partial charge in [0.1, 0.15) is 11.4 Å². The predicted molar refractivity (Wildman–Crippen MR) is 86.6 cm³/mol. The lowest BCUT2D eigenvalue weighted by atomic mass is 9.84. The molecule has 0 aliphatic carbocycles. The van der Waals surface area contributed by atoms with E-state index in [1.165, 1.54) is 0 Å². The van der Waals surface area contributed by atoms with Crippen LogP contribution in [0.25, 0.3) is 0 Å². The zero-order valence-corrected chi connectivity index (χ0v) is 13.9. The Morgan fingerprint density at radius 3 is 2.74 bits per heavy atom. The van der Waals surface area contributed by atoms with Gasteiger partial charge in [0.2, 0.25) is 5.91 Å². The number of methoxy groups -OCH3 is 1. The number of likely N-dealkylation sites (tertiary alicyclic amines) is 1. The van der Waals surface area contributed by atoms with Crippen LogP contribution in [0.3, 0.4) is 0 Å². The molecule has 1 spiro atoms. The third-order valence-corrected chi connectivity index (χ3v) is 4.68. The summed E-state index contributed by atoms with van der Waals surface area (Å²) in [6, 6.07) is 7.65. The quantitative estimate of drug-likeness (QED) is 0.833. The summed E-state index contributed by atoms with van der Waals surface area (Å²) in [5.74, 6) is 0.963. The maximum absolute atomic E-state index is 12.4. The van der Waals surface area contributed by atoms with Gasteiger partial charge in [0.15, 0.2) is 0 Å². The minimum atomic E-state index is -0.173. The summed E-state index contributed by atoms with van der Waals surface area (Å²) in [6.45, 7) is 4.86. The van der Waals surface area contributed by atoms with Crippen LogP contribution in [0.1, 0.15) is 25.3 Å². The molecular weight excluding hydrogens is 294 g/mol. The predicted octanol–water partition coefficient (Wildman–Crippen LogP) is 2.03. The first-order chi connectivity index (χ1) is 11.1. The average Bonchev–Trinajstić information content (AvgIpc) is 2.54. The molecule has 23 heavy (non-hydrogen) atoms. The first kappa shape index (κ1) is 16.3. The van der Waals surface area contributed by atoms with Crippen LogP contribution in [-0.2, 0) is 20.7 Å². The lowest BCUT2D eigenvalue weighted by Crippen LogP contribution is -2.67. The number of carbonyl (C=O) groups excluding carboxylic acids is 1. The molecule has 2 saturated heterocycles. The van der Waals surface area contributed by atoms with E-state index < -0.39 is 0 Å². The Morgan fingerprint density at radius 2 is 2.09 bits per heavy atom. The minimum Gasteiger partial charge on any atom is -0.497 e. The molecule has 1 amide bonds. The van der Waals surface area contributed by atoms with Gasteiger partial charge in [-0.2, -0.15) is 0 Å². The van der Waals surface area contributed by atoms with Crippen LogP contribution in [0.5, 0.6) is 5.75 Å². The Hall–Kier alpha value is -1.59. The first-order valence-electron chi connectivity index (χ1n) is 8.30. The van der Waals surface area contributed by atoms with Crippen molar-refractivity contribution in [2.45, 2.75) is 37.9 Å². The Labute approximate surface area is 137 Å². The molecule has 5 nitrogen and oxygen atoms in total. The van der Waals surface area contributed by atoms with E-state index in [0.29, 0.717) is 19.5 Å². The Bertz CT molecular complexity index is 534. The third kappa shape index (κ3) is 3.67. The lowest BCUT2D eigenvalue weighted by Gasteiger charge is -2.53. The van der Waals surface area contributed by atoms with Gasteiger partial charge in [0.05, 0.1) is 32.7 Å². The van der Waals surface area contributed by atoms with Gasteiger partial charge in [-0.1, -0.05) is 12.1 Å². The topological polar surface area (TPSA) is 48.0 Å². The van der Waals surface area contributed by atoms with E-state index >= 15 is 0 Å². The number of nitrogens with zero attached hydrogens (tertiary/aromatic N) is 1. The summed E-state index contributed by atoms with van der Waals surface area (Å²) in [4.78, 5) is 14.3. The van der Waals surface area contributed by atoms with E-state index in [9.17, 15) is 4.79 Å². The zero-order valence-electron chi connectivity index (χ0n) is 13.9. The molecule has 0 N–H and O–H groups in total. The largest absolute Gasteiger partial charge is 0.497 e. The number of hydrogen-bond acceptors (Lipinski definition) is 4. The van der Waals surface area contributed by atoms with E-state index in [1.54, 1.807) is 7.11 Å². The number of carbonyl (C=O) groups is 1. The van der Waals surface area contributed by atoms with Crippen LogP contribution in [0.15, 0.2) is 24.3 Å². The fraction of sp³-hybridized carbons (Fsp3) is 0.611. The number of hydrogen-bond donors (Lipinski definition) is 0. The molecule has 0 radical (unpaired) electrons. The molecular formula is C18H25NO4. The third-order valence-electron chi connectivity index (χ3n) is 4.68. The minimum absolute atomic E-state index is 0.155. The first-order valence-corrected chi connectivity index (χ1v) is 8.30. The Kier molecular flexibility index (Phi) is 4.87. The van der Waals surface area contributed by atoms with Crippen LogP contribution in [0, 0.1) is 0 Å². The molecule has 2 fully saturated rings. The molecule has 2 heterocycles. The number of rotatable bonds is 5. The van der Waals surface area contributed by atoms with Crippen LogP contribution in [-0.4, -0.2) is 55.9 Å². The second-order valence-corrected chi connectivity index (χ2v) is 6.38. The summed E-state index contributed by atoms with van der Waals surface area (Å²) in [6.07, 6.45) is 2.55. The van der Waals surface area contributed by atoms with Crippen molar-refractivity contribution in [1.29, 1.82) is 0 Å². The molecule has 0 aromatic heterocycles. The maximum atomic E-state index is 12.4. The van der Waals surface area contributed by atoms with E-state index in [0.717, 1.165) is 37.4 Å². The summed E-state index contributed by atoms with van der Waals surface area (Å²) >= 11 is 0. The number of ether oxygens (including phenoxy) is 3. The SMILES string of the molecule is CCO[C@@H]1CCOC2(C1)CN(C(=O)Cc1ccc(OC)cc1)C2. The van der Waals surface area contributed by atoms with Crippen molar-refractivity contribution in [3.05, 3.63) is 29.8 Å². The maximum Gasteiger partial charge on any atom is 0.227 e. The van der Waals surface area contributed by atoms with Crippen LogP contribution in [0.2, 0.25) is 0 Å². The van der Waals surface area contributed by atoms with Crippen molar-refractivity contribution in [2.24, 2.45) is 0 Å². The highest BCUT2D eigenvalue weighted by atomic mass is 16.5. The van der Waals surface area contributed by atoms with E-state index in [-0.39, 0.29) is 17.6 Å². The van der Waals surface area contributed by atoms with Crippen molar-refractivity contribution in [2.75, 3.05) is 33.4 Å². The zero-order chi connectivity index (χ0) is 16.3. The lowest BCUT2D eigenvalue weighted by molar-refractivity contribution is -0.200. The fourth-order valence-electron chi connectivity index (χ4n) is 3.44. The normalized spacial score (nSPS) is 22.7. The average molecular weight is 319 g/mol. The highest BCUT2D eigenvalue weighted by Crippen LogP contribution is 2.35. The van der Waals surface area contributed by atoms with Crippen molar-refractivity contribution in [3.8, 4) is 5.75 Å². The summed E-state index contributed by atoms with van der Waals surface area (Å²) < 4.78 is 16.8. The number of benzene rings is 1. The monoisotopic (exact) mass is 319 g/mol. The molecule has 0 saturated carbocycles. The second-order valence-electron chi connectivity index (χ2n) is 6.38. The molecule has 5 heteroatoms. The van der Waals surface area contributed by atoms with Crippen molar-refractivity contribution in [3.63, 3.8) is 0 Å². The van der Waals surface area contributed by atoms with Gasteiger partial charge in [0, 0.05) is 19.6 Å². The van der Waals surface area contributed by atoms with Crippen LogP contribution in [0.4, 0.5) is 0 Å². The van der Waals surface area contributed by atoms with E-state index in [1.807, 2.05) is 36.1 Å². The van der Waals surface area contributed by atoms with Crippen LogP contribution >= 0.6 is 0 Å². The van der Waals surface area contributed by atoms with Crippen molar-refractivity contribution in [1.82, 2.24) is 4.90 Å². The summed E-state index contributed by atoms with van der Waals surface area (Å²) in [5, 5.41) is 0. The van der Waals surface area contributed by atoms with Gasteiger partial charge in [-0.15, -0.1) is 0 Å². The Balaban J connectivity index is 1.51. The summed E-state index contributed by atoms with van der Waals surface area (Å²) in [7, 11) is 1.64. The summed E-state index contributed by atoms with van der Waals surface area (Å²) in [5.41, 5.74) is 0.835. The van der Waals surface area contributed by atoms with E-state index in [2.05, 4.69) is 0 Å². The molecule has 0 bridgehead atoms. The molecule has 126 valence electrons. The molecule has 1 aromatic rings. The van der Waals surface area contributed by atoms with Crippen molar-refractivity contribution >= 4 is 5.91 Å². The molecule has 1 aromatic carbocycles. The van der Waals surface area contributed by atoms with Gasteiger partial charge < -0.3 is 19.1 Å². The standard InChI is InChI=1S/C18H25NO4/c1-3-22-16-8-9-23-18(11-16)12-19(13-18)17(20)10-14-4-6-15(21-2)7-5-14/h4-7,16H,3,8-13H2,1-2H3/t16-/m1/s1. The molecule has 1 atom stereocenters. The molecule has 3 rings (SSSR count). The van der Waals surface area contributed by atoms with Crippen molar-refractivity contribution < 1.29 is 19.0 Å². The highest BCUT2D eigenvalue weighted by Gasteiger charge is 2.49. The molecule has 2 aliphatic heterocycles.